The van der Waals surface area contributed by atoms with E-state index in [2.05, 4.69) is 45.0 Å². The third-order valence-corrected chi connectivity index (χ3v) is 15.2. The largest absolute Gasteiger partial charge is 0.492 e. The summed E-state index contributed by atoms with van der Waals surface area (Å²) >= 11 is 9.51. The van der Waals surface area contributed by atoms with E-state index in [4.69, 9.17) is 21.3 Å². The Morgan fingerprint density at radius 2 is 1.70 bits per heavy atom. The van der Waals surface area contributed by atoms with Crippen molar-refractivity contribution in [2.45, 2.75) is 98.8 Å². The Kier molecular flexibility index (Phi) is 15.1. The van der Waals surface area contributed by atoms with Crippen LogP contribution in [0, 0.1) is 33.1 Å². The van der Waals surface area contributed by atoms with E-state index >= 15 is 0 Å². The van der Waals surface area contributed by atoms with Crippen LogP contribution in [0.1, 0.15) is 109 Å². The van der Waals surface area contributed by atoms with Gasteiger partial charge in [0, 0.05) is 33.6 Å². The van der Waals surface area contributed by atoms with Crippen molar-refractivity contribution in [3.8, 4) is 21.2 Å². The average Bonchev–Trinajstić information content (AvgIpc) is 4.13. The van der Waals surface area contributed by atoms with Crippen LogP contribution in [0.2, 0.25) is 5.02 Å². The van der Waals surface area contributed by atoms with Gasteiger partial charge in [-0.1, -0.05) is 80.9 Å². The summed E-state index contributed by atoms with van der Waals surface area (Å²) < 4.78 is 8.03. The number of hydrogen-bond acceptors (Lipinski definition) is 11. The van der Waals surface area contributed by atoms with Crippen LogP contribution in [-0.2, 0) is 19.2 Å². The van der Waals surface area contributed by atoms with Gasteiger partial charge in [-0.25, -0.2) is 4.98 Å². The van der Waals surface area contributed by atoms with Gasteiger partial charge in [0.15, 0.2) is 5.82 Å². The summed E-state index contributed by atoms with van der Waals surface area (Å²) in [4.78, 5) is 68.3. The van der Waals surface area contributed by atoms with Crippen molar-refractivity contribution < 1.29 is 23.9 Å². The zero-order chi connectivity index (χ0) is 49.9. The maximum atomic E-state index is 14.2. The number of nitrogens with zero attached hydrogens (tertiary/aromatic N) is 6. The molecule has 5 heterocycles. The molecule has 8 rings (SSSR count). The summed E-state index contributed by atoms with van der Waals surface area (Å²) in [5.74, 6) is 0.690. The SMILES string of the molecule is Cc1ncsc1-c1ccc([C@H](C)NC(=O)[C@@H]2CCCN2C(=O)[C@@H](NC(=O)/C=C/c2cccc(OCCNC(=O)C[C@@H]3N=C(c4ccc(Cl)cc4)c4c(sc(C)c4C)-n4c(C)nnc43)c2)C(C)(C)C)cc1. The lowest BCUT2D eigenvalue weighted by atomic mass is 9.85. The van der Waals surface area contributed by atoms with Crippen LogP contribution in [0.5, 0.6) is 5.75 Å². The molecule has 14 nitrogen and oxygen atoms in total. The van der Waals surface area contributed by atoms with E-state index in [0.29, 0.717) is 47.4 Å². The lowest BCUT2D eigenvalue weighted by molar-refractivity contribution is -0.143. The number of nitrogens with one attached hydrogen (secondary N) is 3. The van der Waals surface area contributed by atoms with E-state index in [1.165, 1.54) is 6.08 Å². The molecule has 0 saturated carbocycles. The number of carbonyl (C=O) groups is 4. The van der Waals surface area contributed by atoms with Crippen LogP contribution in [-0.4, -0.2) is 85.8 Å². The quantitative estimate of drug-likeness (QED) is 0.0675. The number of thiazole rings is 1. The predicted octanol–water partition coefficient (Wildman–Crippen LogP) is 9.23. The number of amides is 4. The Morgan fingerprint density at radius 3 is 2.41 bits per heavy atom. The fourth-order valence-electron chi connectivity index (χ4n) is 8.82. The lowest BCUT2D eigenvalue weighted by Crippen LogP contribution is -2.57. The van der Waals surface area contributed by atoms with Gasteiger partial charge in [-0.3, -0.25) is 28.7 Å². The Hall–Kier alpha value is -6.49. The summed E-state index contributed by atoms with van der Waals surface area (Å²) in [6.45, 7) is 16.5. The van der Waals surface area contributed by atoms with Gasteiger partial charge in [0.1, 0.15) is 41.3 Å². The topological polar surface area (TPSA) is 173 Å². The molecular formula is C53H58ClN9O5S2. The second kappa shape index (κ2) is 21.2. The zero-order valence-electron chi connectivity index (χ0n) is 40.6. The van der Waals surface area contributed by atoms with Crippen molar-refractivity contribution in [1.82, 2.24) is 40.6 Å². The fourth-order valence-corrected chi connectivity index (χ4v) is 11.0. The van der Waals surface area contributed by atoms with Gasteiger partial charge < -0.3 is 25.6 Å². The molecule has 2 aliphatic heterocycles. The molecule has 3 aromatic carbocycles. The van der Waals surface area contributed by atoms with Gasteiger partial charge in [-0.2, -0.15) is 0 Å². The zero-order valence-corrected chi connectivity index (χ0v) is 43.0. The van der Waals surface area contributed by atoms with Crippen LogP contribution in [0.15, 0.2) is 89.4 Å². The van der Waals surface area contributed by atoms with Crippen molar-refractivity contribution >= 4 is 69.7 Å². The summed E-state index contributed by atoms with van der Waals surface area (Å²) in [5.41, 5.74) is 8.68. The average molecular weight is 1000 g/mol. The highest BCUT2D eigenvalue weighted by Crippen LogP contribution is 2.40. The number of benzene rings is 3. The highest BCUT2D eigenvalue weighted by atomic mass is 35.5. The van der Waals surface area contributed by atoms with Gasteiger partial charge in [-0.05, 0) is 105 Å². The molecule has 0 spiro atoms. The van der Waals surface area contributed by atoms with Crippen LogP contribution in [0.4, 0.5) is 0 Å². The number of halogens is 1. The van der Waals surface area contributed by atoms with Gasteiger partial charge in [-0.15, -0.1) is 32.9 Å². The third-order valence-electron chi connectivity index (χ3n) is 12.7. The number of fused-ring (bicyclic) bond motifs is 3. The summed E-state index contributed by atoms with van der Waals surface area (Å²) in [7, 11) is 0. The molecule has 1 saturated heterocycles. The number of carbonyl (C=O) groups excluding carboxylic acids is 4. The van der Waals surface area contributed by atoms with Crippen molar-refractivity contribution in [3.05, 3.63) is 139 Å². The number of rotatable bonds is 15. The summed E-state index contributed by atoms with van der Waals surface area (Å²) in [6, 6.07) is 20.5. The smallest absolute Gasteiger partial charge is 0.246 e. The standard InChI is InChI=1S/C53H58ClN9O5S2/c1-30-33(4)70-52-45(30)46(37-19-21-39(54)22-20-37)58-41(49-61-60-34(5)63(49)52)28-44(65)55-24-26-68-40-12-9-11-35(27-40)14-23-43(64)59-48(53(6,7)8)51(67)62-25-10-13-42(62)50(66)57-31(2)36-15-17-38(18-16-36)47-32(3)56-29-69-47/h9,11-12,14-23,27,29,31,41-42,48H,10,13,24-26,28H2,1-8H3,(H,55,65)(H,57,66)(H,59,64)/b23-14+/t31-,41-,42-,48+/m0/s1. The molecular weight excluding hydrogens is 942 g/mol. The highest BCUT2D eigenvalue weighted by molar-refractivity contribution is 7.15. The summed E-state index contributed by atoms with van der Waals surface area (Å²) in [5, 5.41) is 19.5. The van der Waals surface area contributed by atoms with Crippen molar-refractivity contribution in [1.29, 1.82) is 0 Å². The van der Waals surface area contributed by atoms with E-state index in [1.54, 1.807) is 45.8 Å². The van der Waals surface area contributed by atoms with Gasteiger partial charge >= 0.3 is 0 Å². The number of likely N-dealkylation sites (tertiary alicyclic amines) is 1. The second-order valence-corrected chi connectivity index (χ2v) is 21.3. The first-order valence-electron chi connectivity index (χ1n) is 23.4. The van der Waals surface area contributed by atoms with Crippen LogP contribution < -0.4 is 20.7 Å². The van der Waals surface area contributed by atoms with Crippen molar-refractivity contribution in [2.24, 2.45) is 10.4 Å². The Morgan fingerprint density at radius 1 is 0.957 bits per heavy atom. The molecule has 17 heteroatoms. The second-order valence-electron chi connectivity index (χ2n) is 18.8. The highest BCUT2D eigenvalue weighted by Gasteiger charge is 2.42. The molecule has 4 atom stereocenters. The lowest BCUT2D eigenvalue weighted by Gasteiger charge is -2.35. The Balaban J connectivity index is 0.846. The number of aromatic nitrogens is 4. The predicted molar refractivity (Wildman–Crippen MR) is 277 cm³/mol. The van der Waals surface area contributed by atoms with Crippen LogP contribution in [0.25, 0.3) is 21.5 Å². The Bertz CT molecular complexity index is 2970. The van der Waals surface area contributed by atoms with Gasteiger partial charge in [0.05, 0.1) is 40.8 Å². The van der Waals surface area contributed by atoms with Crippen molar-refractivity contribution in [2.75, 3.05) is 19.7 Å². The van der Waals surface area contributed by atoms with E-state index in [0.717, 1.165) is 54.0 Å². The first-order valence-corrected chi connectivity index (χ1v) is 25.5. The minimum absolute atomic E-state index is 0.0459. The first-order chi connectivity index (χ1) is 33.5. The van der Waals surface area contributed by atoms with E-state index in [1.807, 2.05) is 112 Å². The van der Waals surface area contributed by atoms with E-state index in [-0.39, 0.29) is 43.3 Å². The number of aliphatic imine (C=N–C) groups is 1. The summed E-state index contributed by atoms with van der Waals surface area (Å²) in [6.07, 6.45) is 4.30. The van der Waals surface area contributed by atoms with Crippen molar-refractivity contribution in [3.63, 3.8) is 0 Å². The minimum Gasteiger partial charge on any atom is -0.492 e. The number of thiophene rings is 1. The number of hydrogen-bond donors (Lipinski definition) is 3. The fraction of sp³-hybridized carbons (Fsp3) is 0.358. The molecule has 0 bridgehead atoms. The molecule has 0 unspecified atom stereocenters. The molecule has 4 amide bonds. The maximum absolute atomic E-state index is 14.2. The first kappa shape index (κ1) is 49.9. The Labute approximate surface area is 421 Å². The van der Waals surface area contributed by atoms with Gasteiger partial charge in [0.2, 0.25) is 23.6 Å². The van der Waals surface area contributed by atoms with E-state index < -0.39 is 29.4 Å². The normalized spacial score (nSPS) is 16.5. The minimum atomic E-state index is -0.882. The molecule has 70 heavy (non-hydrogen) atoms. The number of ether oxygens (including phenoxy) is 1. The third kappa shape index (κ3) is 11.1. The van der Waals surface area contributed by atoms with E-state index in [9.17, 15) is 19.2 Å². The monoisotopic (exact) mass is 999 g/mol. The van der Waals surface area contributed by atoms with Gasteiger partial charge in [0.25, 0.3) is 0 Å². The molecule has 3 aromatic heterocycles. The molecule has 0 radical (unpaired) electrons. The maximum Gasteiger partial charge on any atom is 0.246 e. The molecule has 364 valence electrons. The van der Waals surface area contributed by atoms with Crippen LogP contribution >= 0.6 is 34.3 Å². The molecule has 0 aliphatic carbocycles. The van der Waals surface area contributed by atoms with Crippen LogP contribution in [0.3, 0.4) is 0 Å². The molecule has 1 fully saturated rings. The number of aryl methyl sites for hydroxylation is 3. The molecule has 2 aliphatic rings. The molecule has 6 aromatic rings. The molecule has 3 N–H and O–H groups in total.